The molecule has 1 saturated heterocycles. The van der Waals surface area contributed by atoms with Gasteiger partial charge in [0.05, 0.1) is 12.8 Å². The van der Waals surface area contributed by atoms with Crippen LogP contribution in [-0.2, 0) is 60.2 Å². The fourth-order valence-corrected chi connectivity index (χ4v) is 5.94. The zero-order valence-electron chi connectivity index (χ0n) is 24.2. The standard InChI is InChI=1S/C28H33N3O10S/c1-13(32)37-21-22(38-14(2)33)24(39-15(3)34)26(40-23(21)25(35)36-7)42-27-30-18-9-8-16(12-17(18)28(4,5)41-27)19-10-11-20(29)31(19)6/h8-12,21-24,26H,29H2,1-7H3/t21-,22-,23-,24+,26-/m0/s1. The molecule has 3 heterocycles. The van der Waals surface area contributed by atoms with Crippen molar-refractivity contribution in [2.75, 3.05) is 12.8 Å². The maximum atomic E-state index is 12.7. The van der Waals surface area contributed by atoms with Crippen molar-refractivity contribution in [1.29, 1.82) is 0 Å². The van der Waals surface area contributed by atoms with Crippen LogP contribution in [0.5, 0.6) is 0 Å². The molecule has 0 spiro atoms. The lowest BCUT2D eigenvalue weighted by molar-refractivity contribution is -0.235. The van der Waals surface area contributed by atoms with Gasteiger partial charge in [0.15, 0.2) is 29.9 Å². The van der Waals surface area contributed by atoms with E-state index in [-0.39, 0.29) is 5.23 Å². The van der Waals surface area contributed by atoms with Crippen LogP contribution in [0.4, 0.5) is 11.5 Å². The molecule has 42 heavy (non-hydrogen) atoms. The lowest BCUT2D eigenvalue weighted by Crippen LogP contribution is -2.62. The van der Waals surface area contributed by atoms with Crippen molar-refractivity contribution >= 4 is 52.4 Å². The van der Waals surface area contributed by atoms with Crippen molar-refractivity contribution in [3.8, 4) is 11.3 Å². The van der Waals surface area contributed by atoms with E-state index in [2.05, 4.69) is 4.99 Å². The summed E-state index contributed by atoms with van der Waals surface area (Å²) in [6.07, 6.45) is -5.70. The summed E-state index contributed by atoms with van der Waals surface area (Å²) < 4.78 is 35.3. The second-order valence-corrected chi connectivity index (χ2v) is 11.3. The molecule has 0 bridgehead atoms. The SMILES string of the molecule is COC(=O)[C@H]1O[C@@H](SC2=Nc3ccc(-c4ccc(N)n4C)cc3C(C)(C)O2)[C@H](OC(C)=O)[C@@H](OC(C)=O)[C@@H]1OC(C)=O. The Balaban J connectivity index is 1.72. The number of nitrogens with two attached hydrogens (primary N) is 1. The van der Waals surface area contributed by atoms with Gasteiger partial charge in [0.2, 0.25) is 0 Å². The smallest absolute Gasteiger partial charge is 0.339 e. The molecule has 1 fully saturated rings. The Morgan fingerprint density at radius 1 is 0.952 bits per heavy atom. The van der Waals surface area contributed by atoms with E-state index >= 15 is 0 Å². The van der Waals surface area contributed by atoms with Crippen LogP contribution in [0.2, 0.25) is 0 Å². The second-order valence-electron chi connectivity index (χ2n) is 10.2. The summed E-state index contributed by atoms with van der Waals surface area (Å²) in [6, 6.07) is 9.48. The van der Waals surface area contributed by atoms with Crippen LogP contribution in [0.3, 0.4) is 0 Å². The van der Waals surface area contributed by atoms with Crippen LogP contribution in [0.1, 0.15) is 40.2 Å². The summed E-state index contributed by atoms with van der Waals surface area (Å²) >= 11 is 0.915. The zero-order valence-corrected chi connectivity index (χ0v) is 25.1. The Kier molecular flexibility index (Phi) is 8.87. The normalized spacial score (nSPS) is 24.4. The summed E-state index contributed by atoms with van der Waals surface area (Å²) in [7, 11) is 3.00. The van der Waals surface area contributed by atoms with Gasteiger partial charge in [0.1, 0.15) is 11.4 Å². The highest BCUT2D eigenvalue weighted by atomic mass is 32.2. The number of nitrogen functional groups attached to an aromatic ring is 1. The third-order valence-electron chi connectivity index (χ3n) is 6.71. The van der Waals surface area contributed by atoms with E-state index in [9.17, 15) is 19.2 Å². The summed E-state index contributed by atoms with van der Waals surface area (Å²) in [4.78, 5) is 53.5. The van der Waals surface area contributed by atoms with Gasteiger partial charge in [-0.15, -0.1) is 0 Å². The predicted octanol–water partition coefficient (Wildman–Crippen LogP) is 2.95. The number of nitrogens with zero attached hydrogens (tertiary/aromatic N) is 2. The van der Waals surface area contributed by atoms with Crippen molar-refractivity contribution in [2.45, 2.75) is 70.1 Å². The molecule has 2 aliphatic rings. The molecule has 1 aromatic carbocycles. The van der Waals surface area contributed by atoms with Crippen LogP contribution in [0.25, 0.3) is 11.3 Å². The van der Waals surface area contributed by atoms with Gasteiger partial charge in [-0.05, 0) is 55.4 Å². The van der Waals surface area contributed by atoms with Gasteiger partial charge >= 0.3 is 23.9 Å². The van der Waals surface area contributed by atoms with Gasteiger partial charge in [-0.2, -0.15) is 0 Å². The van der Waals surface area contributed by atoms with Gasteiger partial charge < -0.3 is 38.7 Å². The van der Waals surface area contributed by atoms with E-state index in [0.29, 0.717) is 11.5 Å². The first kappa shape index (κ1) is 30.9. The van der Waals surface area contributed by atoms with E-state index in [1.807, 2.05) is 55.8 Å². The van der Waals surface area contributed by atoms with E-state index in [1.54, 1.807) is 0 Å². The largest absolute Gasteiger partial charge is 0.467 e. The number of thioether (sulfide) groups is 1. The van der Waals surface area contributed by atoms with Gasteiger partial charge in [0, 0.05) is 39.1 Å². The number of anilines is 1. The van der Waals surface area contributed by atoms with Crippen LogP contribution in [-0.4, -0.2) is 70.6 Å². The Morgan fingerprint density at radius 3 is 2.14 bits per heavy atom. The average molecular weight is 604 g/mol. The predicted molar refractivity (Wildman–Crippen MR) is 151 cm³/mol. The van der Waals surface area contributed by atoms with Crippen LogP contribution in [0, 0.1) is 0 Å². The van der Waals surface area contributed by atoms with Crippen molar-refractivity contribution in [1.82, 2.24) is 4.57 Å². The highest BCUT2D eigenvalue weighted by Crippen LogP contribution is 2.44. The van der Waals surface area contributed by atoms with Crippen molar-refractivity contribution < 1.29 is 47.6 Å². The molecule has 2 aliphatic heterocycles. The first-order chi connectivity index (χ1) is 19.7. The van der Waals surface area contributed by atoms with Gasteiger partial charge in [-0.1, -0.05) is 6.07 Å². The van der Waals surface area contributed by atoms with Gasteiger partial charge in [0.25, 0.3) is 5.23 Å². The van der Waals surface area contributed by atoms with E-state index in [1.165, 1.54) is 0 Å². The molecule has 0 saturated carbocycles. The summed E-state index contributed by atoms with van der Waals surface area (Å²) in [6.45, 7) is 7.14. The van der Waals surface area contributed by atoms with E-state index in [4.69, 9.17) is 34.2 Å². The molecule has 226 valence electrons. The number of ether oxygens (including phenoxy) is 6. The monoisotopic (exact) mass is 603 g/mol. The van der Waals surface area contributed by atoms with Crippen LogP contribution < -0.4 is 5.73 Å². The molecule has 13 nitrogen and oxygen atoms in total. The molecular weight excluding hydrogens is 570 g/mol. The number of carbonyl (C=O) groups excluding carboxylic acids is 4. The Hall–Kier alpha value is -4.04. The number of aromatic nitrogens is 1. The number of fused-ring (bicyclic) bond motifs is 1. The number of benzene rings is 1. The highest BCUT2D eigenvalue weighted by molar-refractivity contribution is 8.14. The number of esters is 4. The number of aliphatic imine (C=N–C) groups is 1. The quantitative estimate of drug-likeness (QED) is 0.379. The number of hydrogen-bond acceptors (Lipinski definition) is 13. The number of carbonyl (C=O) groups is 4. The molecule has 0 amide bonds. The van der Waals surface area contributed by atoms with Gasteiger partial charge in [-0.3, -0.25) is 14.4 Å². The molecule has 14 heteroatoms. The molecule has 0 aliphatic carbocycles. The maximum Gasteiger partial charge on any atom is 0.339 e. The zero-order chi connectivity index (χ0) is 30.9. The first-order valence-corrected chi connectivity index (χ1v) is 13.8. The number of methoxy groups -OCH3 is 1. The third-order valence-corrected chi connectivity index (χ3v) is 7.70. The lowest BCUT2D eigenvalue weighted by atomic mass is 9.93. The minimum Gasteiger partial charge on any atom is -0.467 e. The summed E-state index contributed by atoms with van der Waals surface area (Å²) in [5.41, 5.74) is 7.24. The molecule has 0 radical (unpaired) electrons. The first-order valence-electron chi connectivity index (χ1n) is 13.0. The van der Waals surface area contributed by atoms with Crippen molar-refractivity contribution in [3.05, 3.63) is 35.9 Å². The minimum absolute atomic E-state index is 0.140. The fraction of sp³-hybridized carbons (Fsp3) is 0.464. The Morgan fingerprint density at radius 2 is 1.57 bits per heavy atom. The minimum atomic E-state index is -1.52. The fourth-order valence-electron chi connectivity index (χ4n) is 4.81. The average Bonchev–Trinajstić information content (AvgIpc) is 3.23. The molecule has 2 N–H and O–H groups in total. The topological polar surface area (TPSA) is 167 Å². The van der Waals surface area contributed by atoms with Crippen LogP contribution >= 0.6 is 11.8 Å². The number of hydrogen-bond donors (Lipinski definition) is 1. The van der Waals surface area contributed by atoms with E-state index in [0.717, 1.165) is 56.5 Å². The molecule has 5 atom stereocenters. The van der Waals surface area contributed by atoms with Crippen molar-refractivity contribution in [3.63, 3.8) is 0 Å². The Bertz CT molecular complexity index is 1430. The molecule has 2 aromatic rings. The molecule has 4 rings (SSSR count). The highest BCUT2D eigenvalue weighted by Gasteiger charge is 2.55. The maximum absolute atomic E-state index is 12.7. The number of rotatable bonds is 6. The van der Waals surface area contributed by atoms with Crippen molar-refractivity contribution in [2.24, 2.45) is 12.0 Å². The molecular formula is C28H33N3O10S. The van der Waals surface area contributed by atoms with E-state index < -0.39 is 59.3 Å². The summed E-state index contributed by atoms with van der Waals surface area (Å²) in [5, 5.41) is 0.140. The van der Waals surface area contributed by atoms with Crippen LogP contribution in [0.15, 0.2) is 35.3 Å². The molecule has 1 aromatic heterocycles. The lowest BCUT2D eigenvalue weighted by Gasteiger charge is -2.43. The summed E-state index contributed by atoms with van der Waals surface area (Å²) in [5.74, 6) is -2.54. The van der Waals surface area contributed by atoms with Gasteiger partial charge in [-0.25, -0.2) is 9.79 Å². The Labute approximate surface area is 246 Å². The third kappa shape index (κ3) is 6.39. The molecule has 0 unspecified atom stereocenters. The second kappa shape index (κ2) is 12.1.